The fraction of sp³-hybridized carbons (Fsp3) is 0. The molecule has 0 atom stereocenters. The van der Waals surface area contributed by atoms with Gasteiger partial charge in [-0.3, -0.25) is 4.57 Å². The number of hydrogen-bond donors (Lipinski definition) is 0. The molecule has 40 heavy (non-hydrogen) atoms. The van der Waals surface area contributed by atoms with Crippen molar-refractivity contribution in [3.63, 3.8) is 0 Å². The molecule has 0 radical (unpaired) electrons. The first kappa shape index (κ1) is 21.5. The van der Waals surface area contributed by atoms with Crippen molar-refractivity contribution >= 4 is 59.9 Å². The molecule has 3 nitrogen and oxygen atoms in total. The van der Waals surface area contributed by atoms with Crippen molar-refractivity contribution in [3.05, 3.63) is 140 Å². The Morgan fingerprint density at radius 2 is 1.07 bits per heavy atom. The summed E-state index contributed by atoms with van der Waals surface area (Å²) in [6, 6.07) is 49.9. The van der Waals surface area contributed by atoms with E-state index in [4.69, 9.17) is 4.98 Å². The van der Waals surface area contributed by atoms with Crippen LogP contribution in [0.25, 0.3) is 77.0 Å². The maximum Gasteiger partial charge on any atom is 0.138 e. The Morgan fingerprint density at radius 1 is 0.400 bits per heavy atom. The summed E-state index contributed by atoms with van der Waals surface area (Å²) in [6.07, 6.45) is 0. The van der Waals surface area contributed by atoms with Gasteiger partial charge in [-0.15, -0.1) is 0 Å². The summed E-state index contributed by atoms with van der Waals surface area (Å²) < 4.78 is 4.74. The first-order chi connectivity index (χ1) is 19.8. The maximum atomic E-state index is 5.17. The third-order valence-corrected chi connectivity index (χ3v) is 8.27. The van der Waals surface area contributed by atoms with Gasteiger partial charge in [-0.1, -0.05) is 91.0 Å². The van der Waals surface area contributed by atoms with Crippen molar-refractivity contribution in [1.29, 1.82) is 0 Å². The van der Waals surface area contributed by atoms with Crippen molar-refractivity contribution in [1.82, 2.24) is 14.0 Å². The largest absolute Gasteiger partial charge is 0.309 e. The van der Waals surface area contributed by atoms with Crippen molar-refractivity contribution in [2.75, 3.05) is 0 Å². The van der Waals surface area contributed by atoms with Crippen LogP contribution in [0.4, 0.5) is 0 Å². The molecule has 186 valence electrons. The van der Waals surface area contributed by atoms with Gasteiger partial charge in [-0.05, 0) is 53.9 Å². The maximum absolute atomic E-state index is 5.17. The molecule has 0 aliphatic heterocycles. The van der Waals surface area contributed by atoms with Crippen LogP contribution < -0.4 is 0 Å². The van der Waals surface area contributed by atoms with Gasteiger partial charge in [-0.2, -0.15) is 0 Å². The van der Waals surface area contributed by atoms with E-state index in [9.17, 15) is 0 Å². The summed E-state index contributed by atoms with van der Waals surface area (Å²) in [7, 11) is 0. The molecule has 0 bridgehead atoms. The third kappa shape index (κ3) is 2.92. The van der Waals surface area contributed by atoms with Crippen LogP contribution in [0.15, 0.2) is 140 Å². The fourth-order valence-corrected chi connectivity index (χ4v) is 6.52. The number of pyridine rings is 2. The molecular weight excluding hydrogens is 486 g/mol. The van der Waals surface area contributed by atoms with Crippen molar-refractivity contribution in [2.24, 2.45) is 0 Å². The number of aromatic nitrogens is 3. The summed E-state index contributed by atoms with van der Waals surface area (Å²) in [5, 5.41) is 7.49. The van der Waals surface area contributed by atoms with Crippen molar-refractivity contribution < 1.29 is 0 Å². The molecule has 0 aliphatic carbocycles. The topological polar surface area (TPSA) is 22.2 Å². The Morgan fingerprint density at radius 3 is 1.93 bits per heavy atom. The number of benzene rings is 5. The number of fused-ring (bicyclic) bond motifs is 11. The zero-order chi connectivity index (χ0) is 26.2. The van der Waals surface area contributed by atoms with E-state index < -0.39 is 0 Å². The Labute approximate surface area is 230 Å². The van der Waals surface area contributed by atoms with Crippen LogP contribution in [-0.4, -0.2) is 14.0 Å². The molecular formula is C37H23N3. The van der Waals surface area contributed by atoms with E-state index in [0.717, 1.165) is 28.1 Å². The highest BCUT2D eigenvalue weighted by atomic mass is 15.1. The molecule has 0 saturated carbocycles. The normalized spacial score (nSPS) is 12.0. The SMILES string of the molecule is c1ccc(-c2cccc(-n3c4ccccc4c4cc5c6ccccc6n6c7ccccc7cc6c5cc43)n2)cc1. The van der Waals surface area contributed by atoms with Gasteiger partial charge in [0.15, 0.2) is 0 Å². The lowest BCUT2D eigenvalue weighted by atomic mass is 10.0. The molecule has 0 fully saturated rings. The van der Waals surface area contributed by atoms with E-state index in [2.05, 4.69) is 142 Å². The molecule has 4 aromatic heterocycles. The number of para-hydroxylation sites is 3. The van der Waals surface area contributed by atoms with Gasteiger partial charge in [0.2, 0.25) is 0 Å². The minimum Gasteiger partial charge on any atom is -0.309 e. The molecule has 4 heterocycles. The van der Waals surface area contributed by atoms with E-state index in [1.165, 1.54) is 48.9 Å². The van der Waals surface area contributed by atoms with E-state index in [1.807, 2.05) is 6.07 Å². The van der Waals surface area contributed by atoms with Gasteiger partial charge in [0.25, 0.3) is 0 Å². The molecule has 0 aliphatic rings. The quantitative estimate of drug-likeness (QED) is 0.213. The van der Waals surface area contributed by atoms with Crippen LogP contribution in [0.5, 0.6) is 0 Å². The molecule has 0 amide bonds. The van der Waals surface area contributed by atoms with Crippen LogP contribution >= 0.6 is 0 Å². The minimum atomic E-state index is 0.921. The second-order valence-electron chi connectivity index (χ2n) is 10.5. The fourth-order valence-electron chi connectivity index (χ4n) is 6.52. The lowest BCUT2D eigenvalue weighted by Gasteiger charge is -2.12. The van der Waals surface area contributed by atoms with Gasteiger partial charge in [0.1, 0.15) is 5.82 Å². The predicted octanol–water partition coefficient (Wildman–Crippen LogP) is 9.56. The molecule has 3 heteroatoms. The Hall–Kier alpha value is -5.41. The van der Waals surface area contributed by atoms with Gasteiger partial charge in [0.05, 0.1) is 33.3 Å². The van der Waals surface area contributed by atoms with E-state index in [-0.39, 0.29) is 0 Å². The lowest BCUT2D eigenvalue weighted by molar-refractivity contribution is 1.08. The zero-order valence-electron chi connectivity index (χ0n) is 21.6. The first-order valence-electron chi connectivity index (χ1n) is 13.7. The van der Waals surface area contributed by atoms with Crippen molar-refractivity contribution in [3.8, 4) is 17.1 Å². The highest BCUT2D eigenvalue weighted by Gasteiger charge is 2.18. The van der Waals surface area contributed by atoms with Crippen LogP contribution in [0.1, 0.15) is 0 Å². The predicted molar refractivity (Wildman–Crippen MR) is 167 cm³/mol. The average molecular weight is 510 g/mol. The summed E-state index contributed by atoms with van der Waals surface area (Å²) >= 11 is 0. The summed E-state index contributed by atoms with van der Waals surface area (Å²) in [4.78, 5) is 5.17. The smallest absolute Gasteiger partial charge is 0.138 e. The molecule has 0 spiro atoms. The third-order valence-electron chi connectivity index (χ3n) is 8.27. The van der Waals surface area contributed by atoms with E-state index >= 15 is 0 Å². The van der Waals surface area contributed by atoms with Crippen LogP contribution in [0.2, 0.25) is 0 Å². The molecule has 9 aromatic rings. The van der Waals surface area contributed by atoms with Crippen LogP contribution in [0, 0.1) is 0 Å². The molecule has 5 aromatic carbocycles. The van der Waals surface area contributed by atoms with Crippen molar-refractivity contribution in [2.45, 2.75) is 0 Å². The van der Waals surface area contributed by atoms with Crippen LogP contribution in [-0.2, 0) is 0 Å². The Bertz CT molecular complexity index is 2430. The second kappa shape index (κ2) is 8.05. The molecule has 0 unspecified atom stereocenters. The highest BCUT2D eigenvalue weighted by molar-refractivity contribution is 6.22. The average Bonchev–Trinajstić information content (AvgIpc) is 3.57. The minimum absolute atomic E-state index is 0.921. The number of rotatable bonds is 2. The number of hydrogen-bond acceptors (Lipinski definition) is 1. The summed E-state index contributed by atoms with van der Waals surface area (Å²) in [6.45, 7) is 0. The molecule has 0 saturated heterocycles. The highest BCUT2D eigenvalue weighted by Crippen LogP contribution is 2.40. The molecule has 9 rings (SSSR count). The number of nitrogens with zero attached hydrogens (tertiary/aromatic N) is 3. The second-order valence-corrected chi connectivity index (χ2v) is 10.5. The van der Waals surface area contributed by atoms with Crippen LogP contribution in [0.3, 0.4) is 0 Å². The van der Waals surface area contributed by atoms with E-state index in [1.54, 1.807) is 0 Å². The molecule has 0 N–H and O–H groups in total. The Balaban J connectivity index is 1.46. The van der Waals surface area contributed by atoms with Gasteiger partial charge >= 0.3 is 0 Å². The monoisotopic (exact) mass is 509 g/mol. The van der Waals surface area contributed by atoms with Gasteiger partial charge in [-0.25, -0.2) is 4.98 Å². The Kier molecular flexibility index (Phi) is 4.33. The summed E-state index contributed by atoms with van der Waals surface area (Å²) in [5.74, 6) is 0.921. The van der Waals surface area contributed by atoms with Gasteiger partial charge in [0, 0.05) is 32.5 Å². The van der Waals surface area contributed by atoms with E-state index in [0.29, 0.717) is 0 Å². The zero-order valence-corrected chi connectivity index (χ0v) is 21.6. The first-order valence-corrected chi connectivity index (χ1v) is 13.7. The standard InChI is InChI=1S/C37H23N3/c1-2-11-24(12-3-1)31-16-10-20-37(38-31)40-34-19-9-6-15-27(34)29-22-28-26-14-5-8-18-33(26)39-32-17-7-4-13-25(32)21-35(39)30(28)23-36(29)40/h1-23H. The summed E-state index contributed by atoms with van der Waals surface area (Å²) in [5.41, 5.74) is 8.08. The van der Waals surface area contributed by atoms with Gasteiger partial charge < -0.3 is 4.40 Å². The lowest BCUT2D eigenvalue weighted by Crippen LogP contribution is -1.98.